The third-order valence-electron chi connectivity index (χ3n) is 1.55. The molecular weight excluding hydrogens is 254 g/mol. The van der Waals surface area contributed by atoms with Crippen LogP contribution < -0.4 is 10.5 Å². The quantitative estimate of drug-likeness (QED) is 0.651. The first-order valence-corrected chi connectivity index (χ1v) is 4.64. The average Bonchev–Trinajstić information content (AvgIpc) is 2.08. The molecule has 2 nitrogen and oxygen atoms in total. The van der Waals surface area contributed by atoms with Crippen molar-refractivity contribution in [2.75, 3.05) is 5.73 Å². The van der Waals surface area contributed by atoms with Crippen molar-refractivity contribution in [2.45, 2.75) is 12.2 Å². The van der Waals surface area contributed by atoms with Gasteiger partial charge in [0, 0.05) is 17.0 Å². The van der Waals surface area contributed by atoms with Crippen LogP contribution in [0.15, 0.2) is 12.1 Å². The van der Waals surface area contributed by atoms with Gasteiger partial charge in [0.05, 0.1) is 5.69 Å². The van der Waals surface area contributed by atoms with Gasteiger partial charge in [-0.25, -0.2) is 0 Å². The summed E-state index contributed by atoms with van der Waals surface area (Å²) in [5.74, 6) is -0.462. The second-order valence-corrected chi connectivity index (χ2v) is 3.34. The number of ether oxygens (including phenoxy) is 1. The molecule has 0 amide bonds. The normalized spacial score (nSPS) is 11.5. The number of hydrogen-bond donors (Lipinski definition) is 1. The molecule has 0 saturated carbocycles. The summed E-state index contributed by atoms with van der Waals surface area (Å²) in [6.45, 7) is 0. The van der Waals surface area contributed by atoms with Crippen molar-refractivity contribution in [3.63, 3.8) is 0 Å². The first kappa shape index (κ1) is 12.3. The summed E-state index contributed by atoms with van der Waals surface area (Å²) in [5.41, 5.74) is 5.62. The number of hydrogen-bond acceptors (Lipinski definition) is 2. The van der Waals surface area contributed by atoms with Gasteiger partial charge in [0.25, 0.3) is 0 Å². The van der Waals surface area contributed by atoms with Crippen molar-refractivity contribution < 1.29 is 17.9 Å². The molecule has 0 unspecified atom stereocenters. The van der Waals surface area contributed by atoms with Gasteiger partial charge in [-0.2, -0.15) is 0 Å². The Bertz CT molecular complexity index is 368. The van der Waals surface area contributed by atoms with Crippen molar-refractivity contribution in [1.29, 1.82) is 0 Å². The predicted molar refractivity (Wildman–Crippen MR) is 52.1 cm³/mol. The number of rotatable bonds is 2. The van der Waals surface area contributed by atoms with E-state index >= 15 is 0 Å². The average molecular weight is 260 g/mol. The van der Waals surface area contributed by atoms with Gasteiger partial charge < -0.3 is 10.5 Å². The van der Waals surface area contributed by atoms with E-state index in [1.807, 2.05) is 0 Å². The van der Waals surface area contributed by atoms with Crippen LogP contribution in [0, 0.1) is 0 Å². The molecule has 0 bridgehead atoms. The van der Waals surface area contributed by atoms with E-state index < -0.39 is 12.1 Å². The van der Waals surface area contributed by atoms with E-state index in [0.29, 0.717) is 5.56 Å². The Morgan fingerprint density at radius 2 is 1.93 bits per heavy atom. The van der Waals surface area contributed by atoms with Crippen molar-refractivity contribution in [3.05, 3.63) is 22.7 Å². The number of anilines is 1. The molecule has 0 atom stereocenters. The first-order valence-electron chi connectivity index (χ1n) is 3.73. The second kappa shape index (κ2) is 4.37. The van der Waals surface area contributed by atoms with Gasteiger partial charge in [0.2, 0.25) is 0 Å². The van der Waals surface area contributed by atoms with Crippen LogP contribution in [0.3, 0.4) is 0 Å². The van der Waals surface area contributed by atoms with Crippen LogP contribution in [0.25, 0.3) is 0 Å². The standard InChI is InChI=1S/C8H6Cl2F3NO/c9-3-4-1-6(14)7(2-5(4)10)15-8(11,12)13/h1-2H,3,14H2. The van der Waals surface area contributed by atoms with Crippen LogP contribution in [0.4, 0.5) is 18.9 Å². The molecule has 0 aliphatic rings. The van der Waals surface area contributed by atoms with Crippen LogP contribution >= 0.6 is 23.2 Å². The molecule has 0 heterocycles. The van der Waals surface area contributed by atoms with E-state index in [4.69, 9.17) is 28.9 Å². The Hall–Kier alpha value is -0.810. The van der Waals surface area contributed by atoms with Crippen LogP contribution in [0.2, 0.25) is 5.02 Å². The van der Waals surface area contributed by atoms with Gasteiger partial charge in [-0.15, -0.1) is 24.8 Å². The molecule has 0 spiro atoms. The molecular formula is C8H6Cl2F3NO. The van der Waals surface area contributed by atoms with Crippen molar-refractivity contribution in [1.82, 2.24) is 0 Å². The van der Waals surface area contributed by atoms with E-state index in [-0.39, 0.29) is 16.6 Å². The zero-order chi connectivity index (χ0) is 11.6. The molecule has 2 N–H and O–H groups in total. The van der Waals surface area contributed by atoms with Gasteiger partial charge in [-0.05, 0) is 11.6 Å². The predicted octanol–water partition coefficient (Wildman–Crippen LogP) is 3.56. The van der Waals surface area contributed by atoms with E-state index in [9.17, 15) is 13.2 Å². The number of nitrogens with two attached hydrogens (primary N) is 1. The number of nitrogen functional groups attached to an aromatic ring is 1. The first-order chi connectivity index (χ1) is 6.83. The van der Waals surface area contributed by atoms with Crippen LogP contribution in [-0.4, -0.2) is 6.36 Å². The smallest absolute Gasteiger partial charge is 0.404 e. The van der Waals surface area contributed by atoms with E-state index in [2.05, 4.69) is 4.74 Å². The van der Waals surface area contributed by atoms with E-state index in [1.54, 1.807) is 0 Å². The minimum absolute atomic E-state index is 0.0648. The monoisotopic (exact) mass is 259 g/mol. The summed E-state index contributed by atoms with van der Waals surface area (Å²) in [4.78, 5) is 0. The highest BCUT2D eigenvalue weighted by atomic mass is 35.5. The maximum Gasteiger partial charge on any atom is 0.573 e. The molecule has 1 aromatic carbocycles. The lowest BCUT2D eigenvalue weighted by Gasteiger charge is -2.12. The Morgan fingerprint density at radius 3 is 2.40 bits per heavy atom. The maximum absolute atomic E-state index is 11.9. The van der Waals surface area contributed by atoms with Crippen molar-refractivity contribution in [2.24, 2.45) is 0 Å². The molecule has 7 heteroatoms. The van der Waals surface area contributed by atoms with Crippen molar-refractivity contribution >= 4 is 28.9 Å². The summed E-state index contributed by atoms with van der Waals surface area (Å²) in [6.07, 6.45) is -4.79. The Morgan fingerprint density at radius 1 is 1.33 bits per heavy atom. The molecule has 0 radical (unpaired) electrons. The Labute approximate surface area is 93.7 Å². The Balaban J connectivity index is 3.05. The fourth-order valence-electron chi connectivity index (χ4n) is 0.934. The minimum Gasteiger partial charge on any atom is -0.404 e. The highest BCUT2D eigenvalue weighted by Gasteiger charge is 2.32. The lowest BCUT2D eigenvalue weighted by molar-refractivity contribution is -0.274. The molecule has 0 aromatic heterocycles. The fraction of sp³-hybridized carbons (Fsp3) is 0.250. The molecule has 1 rings (SSSR count). The lowest BCUT2D eigenvalue weighted by Crippen LogP contribution is -2.18. The molecule has 1 aromatic rings. The molecule has 84 valence electrons. The molecule has 0 aliphatic carbocycles. The zero-order valence-corrected chi connectivity index (χ0v) is 8.75. The molecule has 0 saturated heterocycles. The van der Waals surface area contributed by atoms with Crippen LogP contribution in [-0.2, 0) is 5.88 Å². The molecule has 0 aliphatic heterocycles. The largest absolute Gasteiger partial charge is 0.573 e. The van der Waals surface area contributed by atoms with E-state index in [0.717, 1.165) is 6.07 Å². The number of alkyl halides is 4. The number of halogens is 5. The Kier molecular flexibility index (Phi) is 3.57. The summed E-state index contributed by atoms with van der Waals surface area (Å²) in [7, 11) is 0. The van der Waals surface area contributed by atoms with Gasteiger partial charge >= 0.3 is 6.36 Å². The highest BCUT2D eigenvalue weighted by molar-refractivity contribution is 6.32. The summed E-state index contributed by atoms with van der Waals surface area (Å²) in [6, 6.07) is 2.23. The topological polar surface area (TPSA) is 35.2 Å². The van der Waals surface area contributed by atoms with Gasteiger partial charge in [0.15, 0.2) is 5.75 Å². The van der Waals surface area contributed by atoms with E-state index in [1.165, 1.54) is 6.07 Å². The summed E-state index contributed by atoms with van der Waals surface area (Å²) >= 11 is 11.1. The van der Waals surface area contributed by atoms with Crippen LogP contribution in [0.1, 0.15) is 5.56 Å². The maximum atomic E-state index is 11.9. The number of benzene rings is 1. The lowest BCUT2D eigenvalue weighted by atomic mass is 10.2. The molecule has 15 heavy (non-hydrogen) atoms. The fourth-order valence-corrected chi connectivity index (χ4v) is 1.44. The summed E-state index contributed by atoms with van der Waals surface area (Å²) in [5, 5.41) is 0.0819. The zero-order valence-electron chi connectivity index (χ0n) is 7.24. The SMILES string of the molecule is Nc1cc(CCl)c(Cl)cc1OC(F)(F)F. The van der Waals surface area contributed by atoms with Gasteiger partial charge in [-0.3, -0.25) is 0 Å². The third kappa shape index (κ3) is 3.35. The minimum atomic E-state index is -4.79. The highest BCUT2D eigenvalue weighted by Crippen LogP contribution is 2.33. The van der Waals surface area contributed by atoms with Crippen LogP contribution in [0.5, 0.6) is 5.75 Å². The van der Waals surface area contributed by atoms with Gasteiger partial charge in [-0.1, -0.05) is 11.6 Å². The second-order valence-electron chi connectivity index (χ2n) is 2.66. The molecule has 0 fully saturated rings. The summed E-state index contributed by atoms with van der Waals surface area (Å²) < 4.78 is 39.3. The van der Waals surface area contributed by atoms with Crippen molar-refractivity contribution in [3.8, 4) is 5.75 Å². The van der Waals surface area contributed by atoms with Gasteiger partial charge in [0.1, 0.15) is 0 Å². The third-order valence-corrected chi connectivity index (χ3v) is 2.19.